The summed E-state index contributed by atoms with van der Waals surface area (Å²) in [5.74, 6) is 0.306. The summed E-state index contributed by atoms with van der Waals surface area (Å²) in [6, 6.07) is 8.82. The fourth-order valence-corrected chi connectivity index (χ4v) is 4.82. The predicted octanol–water partition coefficient (Wildman–Crippen LogP) is 4.62. The number of hydrogen-bond donors (Lipinski definition) is 2. The molecule has 34 heavy (non-hydrogen) atoms. The van der Waals surface area contributed by atoms with Gasteiger partial charge in [0.15, 0.2) is 5.75 Å². The molecular weight excluding hydrogens is 449 g/mol. The molecule has 0 aromatic heterocycles. The first-order valence-electron chi connectivity index (χ1n) is 11.3. The van der Waals surface area contributed by atoms with Crippen LogP contribution in [0.3, 0.4) is 0 Å². The Morgan fingerprint density at radius 3 is 2.76 bits per heavy atom. The van der Waals surface area contributed by atoms with E-state index in [1.54, 1.807) is 12.1 Å². The van der Waals surface area contributed by atoms with Crippen LogP contribution in [0, 0.1) is 0 Å². The monoisotopic (exact) mass is 474 g/mol. The van der Waals surface area contributed by atoms with Gasteiger partial charge in [-0.25, -0.2) is 0 Å². The molecule has 0 atom stereocenters. The topological polar surface area (TPSA) is 71.0 Å². The summed E-state index contributed by atoms with van der Waals surface area (Å²) in [5, 5.41) is 12.2. The highest BCUT2D eigenvalue weighted by Crippen LogP contribution is 2.50. The van der Waals surface area contributed by atoms with E-state index in [-0.39, 0.29) is 12.4 Å². The van der Waals surface area contributed by atoms with Crippen LogP contribution in [0.4, 0.5) is 24.5 Å². The van der Waals surface area contributed by atoms with Crippen molar-refractivity contribution in [3.05, 3.63) is 53.6 Å². The number of carbonyl (C=O) groups is 1. The van der Waals surface area contributed by atoms with Crippen LogP contribution in [-0.4, -0.2) is 42.9 Å². The number of anilines is 2. The van der Waals surface area contributed by atoms with E-state index in [9.17, 15) is 23.1 Å². The number of nitrogens with zero attached hydrogens (tertiary/aromatic N) is 1. The molecule has 0 radical (unpaired) electrons. The molecule has 6 nitrogen and oxygen atoms in total. The minimum Gasteiger partial charge on any atom is -0.487 e. The van der Waals surface area contributed by atoms with Crippen molar-refractivity contribution in [1.82, 2.24) is 0 Å². The average Bonchev–Trinajstić information content (AvgIpc) is 2.77. The van der Waals surface area contributed by atoms with Crippen molar-refractivity contribution in [2.75, 3.05) is 36.5 Å². The molecule has 5 rings (SSSR count). The number of aliphatic hydroxyl groups excluding tert-OH is 1. The Morgan fingerprint density at radius 2 is 2.06 bits per heavy atom. The molecule has 2 aromatic carbocycles. The molecule has 1 aliphatic carbocycles. The van der Waals surface area contributed by atoms with Crippen LogP contribution in [0.1, 0.15) is 36.8 Å². The number of β-amino-alcohol motifs (C(OH)–C–C–N with tert-alkyl or cyclic N) is 1. The van der Waals surface area contributed by atoms with Crippen molar-refractivity contribution in [3.8, 4) is 11.5 Å². The maximum Gasteiger partial charge on any atom is 0.416 e. The van der Waals surface area contributed by atoms with Crippen LogP contribution < -0.4 is 19.7 Å². The summed E-state index contributed by atoms with van der Waals surface area (Å²) in [6.45, 7) is 1.52. The first-order valence-corrected chi connectivity index (χ1v) is 11.3. The van der Waals surface area contributed by atoms with E-state index >= 15 is 0 Å². The molecule has 2 heterocycles. The fourth-order valence-electron chi connectivity index (χ4n) is 4.82. The normalized spacial score (nSPS) is 19.5. The van der Waals surface area contributed by atoms with Gasteiger partial charge in [0.1, 0.15) is 18.0 Å². The molecule has 0 unspecified atom stereocenters. The van der Waals surface area contributed by atoms with E-state index in [4.69, 9.17) is 9.47 Å². The van der Waals surface area contributed by atoms with Crippen LogP contribution in [0.5, 0.6) is 11.5 Å². The third-order valence-corrected chi connectivity index (χ3v) is 6.63. The van der Waals surface area contributed by atoms with Crippen LogP contribution in [0.2, 0.25) is 0 Å². The van der Waals surface area contributed by atoms with Crippen molar-refractivity contribution in [1.29, 1.82) is 0 Å². The van der Waals surface area contributed by atoms with Gasteiger partial charge >= 0.3 is 6.18 Å². The number of rotatable bonds is 4. The lowest BCUT2D eigenvalue weighted by molar-refractivity contribution is -0.138. The number of nitrogens with one attached hydrogen (secondary N) is 1. The Morgan fingerprint density at radius 1 is 1.24 bits per heavy atom. The number of hydrogen-bond acceptors (Lipinski definition) is 5. The lowest BCUT2D eigenvalue weighted by atomic mass is 9.72. The van der Waals surface area contributed by atoms with Crippen LogP contribution in [0.25, 0.3) is 5.57 Å². The third kappa shape index (κ3) is 4.20. The number of halogens is 3. The summed E-state index contributed by atoms with van der Waals surface area (Å²) in [5.41, 5.74) is 1.12. The summed E-state index contributed by atoms with van der Waals surface area (Å²) >= 11 is 0. The maximum absolute atomic E-state index is 13.2. The molecule has 0 bridgehead atoms. The molecule has 2 aromatic rings. The first-order chi connectivity index (χ1) is 16.3. The van der Waals surface area contributed by atoms with Gasteiger partial charge in [-0.05, 0) is 49.1 Å². The second-order valence-electron chi connectivity index (χ2n) is 8.90. The number of amides is 1. The number of carbonyl (C=O) groups excluding carboxylic acids is 1. The minimum atomic E-state index is -4.47. The quantitative estimate of drug-likeness (QED) is 0.633. The summed E-state index contributed by atoms with van der Waals surface area (Å²) in [6.07, 6.45) is -0.147. The molecule has 3 aliphatic rings. The molecule has 1 fully saturated rings. The molecular formula is C25H25F3N2O4. The fraction of sp³-hybridized carbons (Fsp3) is 0.400. The predicted molar refractivity (Wildman–Crippen MR) is 121 cm³/mol. The zero-order chi connectivity index (χ0) is 23.9. The Balaban J connectivity index is 1.44. The third-order valence-electron chi connectivity index (χ3n) is 6.63. The SMILES string of the molecule is O=C(C=C1CC2(CCC2)Oc2cc(C(F)(F)F)ccc21)Nc1cccc2c1OCCN2CCO. The van der Waals surface area contributed by atoms with Crippen LogP contribution in [0.15, 0.2) is 42.5 Å². The minimum absolute atomic E-state index is 0.00140. The van der Waals surface area contributed by atoms with Gasteiger partial charge < -0.3 is 24.8 Å². The molecule has 1 amide bonds. The van der Waals surface area contributed by atoms with E-state index < -0.39 is 23.2 Å². The average molecular weight is 474 g/mol. The van der Waals surface area contributed by atoms with Crippen LogP contribution >= 0.6 is 0 Å². The number of benzene rings is 2. The Labute approximate surface area is 195 Å². The van der Waals surface area contributed by atoms with Crippen molar-refractivity contribution in [2.45, 2.75) is 37.5 Å². The van der Waals surface area contributed by atoms with Gasteiger partial charge in [0.25, 0.3) is 0 Å². The molecule has 0 saturated heterocycles. The lowest BCUT2D eigenvalue weighted by Gasteiger charge is -2.46. The number of alkyl halides is 3. The summed E-state index contributed by atoms with van der Waals surface area (Å²) in [4.78, 5) is 15.0. The zero-order valence-electron chi connectivity index (χ0n) is 18.5. The van der Waals surface area contributed by atoms with Gasteiger partial charge in [-0.15, -0.1) is 0 Å². The first kappa shape index (κ1) is 22.6. The second-order valence-corrected chi connectivity index (χ2v) is 8.90. The van der Waals surface area contributed by atoms with Gasteiger partial charge in [0, 0.05) is 24.6 Å². The number of para-hydroxylation sites is 1. The van der Waals surface area contributed by atoms with E-state index in [1.165, 1.54) is 12.1 Å². The smallest absolute Gasteiger partial charge is 0.416 e. The Bertz CT molecular complexity index is 1140. The number of fused-ring (bicyclic) bond motifs is 2. The highest BCUT2D eigenvalue weighted by molar-refractivity contribution is 6.06. The highest BCUT2D eigenvalue weighted by Gasteiger charge is 2.44. The molecule has 1 saturated carbocycles. The van der Waals surface area contributed by atoms with Gasteiger partial charge in [-0.2, -0.15) is 13.2 Å². The van der Waals surface area contributed by atoms with E-state index in [1.807, 2.05) is 11.0 Å². The van der Waals surface area contributed by atoms with E-state index in [0.29, 0.717) is 48.7 Å². The standard InChI is InChI=1S/C25H25F3N2O4/c26-25(27,28)17-5-6-18-16(15-24(7-2-8-24)34-21(18)14-17)13-22(32)29-19-3-1-4-20-23(19)33-12-10-30(20)9-11-31/h1,3-6,13-14,31H,2,7-12,15H2,(H,29,32). The van der Waals surface area contributed by atoms with E-state index in [2.05, 4.69) is 5.32 Å². The second kappa shape index (κ2) is 8.54. The number of ether oxygens (including phenoxy) is 2. The zero-order valence-corrected chi connectivity index (χ0v) is 18.5. The Hall–Kier alpha value is -3.20. The molecule has 2 N–H and O–H groups in total. The Kier molecular flexibility index (Phi) is 5.67. The molecule has 2 aliphatic heterocycles. The molecule has 9 heteroatoms. The van der Waals surface area contributed by atoms with Gasteiger partial charge in [0.05, 0.1) is 30.1 Å². The van der Waals surface area contributed by atoms with Gasteiger partial charge in [0.2, 0.25) is 5.91 Å². The van der Waals surface area contributed by atoms with Crippen molar-refractivity contribution >= 4 is 22.9 Å². The van der Waals surface area contributed by atoms with Gasteiger partial charge in [-0.3, -0.25) is 4.79 Å². The summed E-state index contributed by atoms with van der Waals surface area (Å²) in [7, 11) is 0. The largest absolute Gasteiger partial charge is 0.487 e. The summed E-state index contributed by atoms with van der Waals surface area (Å²) < 4.78 is 51.5. The van der Waals surface area contributed by atoms with Crippen molar-refractivity contribution < 1.29 is 32.5 Å². The maximum atomic E-state index is 13.2. The van der Waals surface area contributed by atoms with Crippen molar-refractivity contribution in [2.24, 2.45) is 0 Å². The lowest BCUT2D eigenvalue weighted by Crippen LogP contribution is -2.45. The highest BCUT2D eigenvalue weighted by atomic mass is 19.4. The van der Waals surface area contributed by atoms with Gasteiger partial charge in [-0.1, -0.05) is 12.1 Å². The number of aliphatic hydroxyl groups is 1. The molecule has 180 valence electrons. The van der Waals surface area contributed by atoms with Crippen molar-refractivity contribution in [3.63, 3.8) is 0 Å². The van der Waals surface area contributed by atoms with E-state index in [0.717, 1.165) is 37.1 Å². The van der Waals surface area contributed by atoms with Crippen LogP contribution in [-0.2, 0) is 11.0 Å². The molecule has 1 spiro atoms.